The highest BCUT2D eigenvalue weighted by atomic mass is 16.3. The van der Waals surface area contributed by atoms with Crippen LogP contribution in [0, 0.1) is 20.8 Å². The van der Waals surface area contributed by atoms with Crippen molar-refractivity contribution in [3.05, 3.63) is 64.4 Å². The summed E-state index contributed by atoms with van der Waals surface area (Å²) in [6.45, 7) is 6.52. The molecule has 0 bridgehead atoms. The van der Waals surface area contributed by atoms with Crippen LogP contribution >= 0.6 is 0 Å². The Hall–Kier alpha value is -2.75. The van der Waals surface area contributed by atoms with Gasteiger partial charge >= 0.3 is 0 Å². The van der Waals surface area contributed by atoms with Gasteiger partial charge < -0.3 is 15.5 Å². The van der Waals surface area contributed by atoms with E-state index >= 15 is 0 Å². The molecule has 0 saturated heterocycles. The SMILES string of the molecule is Cc1ccc(C)c2c(C)c(C(=O)NCCc3ccc(N)cc3)oc12. The molecule has 3 N–H and O–H groups in total. The normalized spacial score (nSPS) is 11.0. The molecule has 0 saturated carbocycles. The highest BCUT2D eigenvalue weighted by Gasteiger charge is 2.19. The standard InChI is InChI=1S/C20H22N2O2/c1-12-4-5-13(2)18-17(12)14(3)19(24-18)20(23)22-11-10-15-6-8-16(21)9-7-15/h4-9H,10-11,21H2,1-3H3,(H,22,23). The van der Waals surface area contributed by atoms with Crippen LogP contribution in [0.2, 0.25) is 0 Å². The number of rotatable bonds is 4. The van der Waals surface area contributed by atoms with Gasteiger partial charge in [-0.3, -0.25) is 4.79 Å². The maximum atomic E-state index is 12.5. The first kappa shape index (κ1) is 16.1. The summed E-state index contributed by atoms with van der Waals surface area (Å²) in [5, 5.41) is 3.98. The summed E-state index contributed by atoms with van der Waals surface area (Å²) in [6, 6.07) is 11.8. The van der Waals surface area contributed by atoms with Gasteiger partial charge in [-0.05, 0) is 56.0 Å². The topological polar surface area (TPSA) is 68.3 Å². The van der Waals surface area contributed by atoms with Crippen molar-refractivity contribution in [1.82, 2.24) is 5.32 Å². The molecule has 3 rings (SSSR count). The Labute approximate surface area is 141 Å². The van der Waals surface area contributed by atoms with Gasteiger partial charge in [0, 0.05) is 23.2 Å². The number of nitrogens with one attached hydrogen (secondary N) is 1. The monoisotopic (exact) mass is 322 g/mol. The first-order valence-corrected chi connectivity index (χ1v) is 8.09. The first-order chi connectivity index (χ1) is 11.5. The average molecular weight is 322 g/mol. The summed E-state index contributed by atoms with van der Waals surface area (Å²) in [6.07, 6.45) is 0.753. The molecule has 0 radical (unpaired) electrons. The number of fused-ring (bicyclic) bond motifs is 1. The van der Waals surface area contributed by atoms with Crippen LogP contribution in [-0.2, 0) is 6.42 Å². The smallest absolute Gasteiger partial charge is 0.287 e. The van der Waals surface area contributed by atoms with Crippen molar-refractivity contribution in [2.75, 3.05) is 12.3 Å². The van der Waals surface area contributed by atoms with E-state index in [-0.39, 0.29) is 5.91 Å². The van der Waals surface area contributed by atoms with Crippen molar-refractivity contribution in [2.24, 2.45) is 0 Å². The minimum Gasteiger partial charge on any atom is -0.450 e. The molecule has 0 spiro atoms. The van der Waals surface area contributed by atoms with Gasteiger partial charge in [-0.2, -0.15) is 0 Å². The summed E-state index contributed by atoms with van der Waals surface area (Å²) in [5.74, 6) is 0.234. The summed E-state index contributed by atoms with van der Waals surface area (Å²) >= 11 is 0. The molecule has 4 nitrogen and oxygen atoms in total. The molecular formula is C20H22N2O2. The van der Waals surface area contributed by atoms with Crippen LogP contribution in [0.15, 0.2) is 40.8 Å². The number of hydrogen-bond acceptors (Lipinski definition) is 3. The Morgan fingerprint density at radius 1 is 1.04 bits per heavy atom. The summed E-state index contributed by atoms with van der Waals surface area (Å²) in [7, 11) is 0. The van der Waals surface area contributed by atoms with Gasteiger partial charge in [0.1, 0.15) is 5.58 Å². The third-order valence-electron chi connectivity index (χ3n) is 4.37. The van der Waals surface area contributed by atoms with Crippen LogP contribution in [0.25, 0.3) is 11.0 Å². The molecule has 24 heavy (non-hydrogen) atoms. The quantitative estimate of drug-likeness (QED) is 0.716. The van der Waals surface area contributed by atoms with Crippen molar-refractivity contribution in [3.63, 3.8) is 0 Å². The van der Waals surface area contributed by atoms with Crippen LogP contribution < -0.4 is 11.1 Å². The van der Waals surface area contributed by atoms with Crippen LogP contribution in [-0.4, -0.2) is 12.5 Å². The van der Waals surface area contributed by atoms with E-state index in [1.807, 2.05) is 51.1 Å². The van der Waals surface area contributed by atoms with E-state index in [9.17, 15) is 4.79 Å². The van der Waals surface area contributed by atoms with E-state index in [0.717, 1.165) is 45.3 Å². The van der Waals surface area contributed by atoms with Crippen LogP contribution in [0.3, 0.4) is 0 Å². The van der Waals surface area contributed by atoms with E-state index in [1.54, 1.807) is 0 Å². The number of nitrogens with two attached hydrogens (primary N) is 1. The Balaban J connectivity index is 1.74. The Morgan fingerprint density at radius 3 is 2.38 bits per heavy atom. The Kier molecular flexibility index (Phi) is 4.30. The van der Waals surface area contributed by atoms with Crippen LogP contribution in [0.1, 0.15) is 32.8 Å². The Morgan fingerprint density at radius 2 is 1.71 bits per heavy atom. The molecule has 0 atom stereocenters. The van der Waals surface area contributed by atoms with Crippen LogP contribution in [0.4, 0.5) is 5.69 Å². The van der Waals surface area contributed by atoms with E-state index in [0.29, 0.717) is 12.3 Å². The number of aryl methyl sites for hydroxylation is 3. The number of hydrogen-bond donors (Lipinski definition) is 2. The lowest BCUT2D eigenvalue weighted by atomic mass is 10.0. The number of carbonyl (C=O) groups excluding carboxylic acids is 1. The number of carbonyl (C=O) groups is 1. The third-order valence-corrected chi connectivity index (χ3v) is 4.37. The second-order valence-corrected chi connectivity index (χ2v) is 6.21. The number of amides is 1. The Bertz CT molecular complexity index is 892. The molecule has 2 aromatic carbocycles. The lowest BCUT2D eigenvalue weighted by Crippen LogP contribution is -2.25. The van der Waals surface area contributed by atoms with Crippen LogP contribution in [0.5, 0.6) is 0 Å². The van der Waals surface area contributed by atoms with Gasteiger partial charge in [-0.1, -0.05) is 24.3 Å². The van der Waals surface area contributed by atoms with E-state index in [4.69, 9.17) is 10.2 Å². The fourth-order valence-electron chi connectivity index (χ4n) is 2.98. The van der Waals surface area contributed by atoms with Crippen molar-refractivity contribution < 1.29 is 9.21 Å². The minimum absolute atomic E-state index is 0.169. The van der Waals surface area contributed by atoms with Crippen molar-refractivity contribution >= 4 is 22.6 Å². The maximum absolute atomic E-state index is 12.5. The maximum Gasteiger partial charge on any atom is 0.287 e. The molecule has 124 valence electrons. The largest absolute Gasteiger partial charge is 0.450 e. The van der Waals surface area contributed by atoms with Crippen molar-refractivity contribution in [3.8, 4) is 0 Å². The molecule has 0 fully saturated rings. The van der Waals surface area contributed by atoms with Gasteiger partial charge in [0.15, 0.2) is 5.76 Å². The van der Waals surface area contributed by atoms with E-state index in [1.165, 1.54) is 0 Å². The molecule has 1 aromatic heterocycles. The highest BCUT2D eigenvalue weighted by Crippen LogP contribution is 2.30. The van der Waals surface area contributed by atoms with Gasteiger partial charge in [0.2, 0.25) is 0 Å². The van der Waals surface area contributed by atoms with E-state index < -0.39 is 0 Å². The molecule has 4 heteroatoms. The molecule has 0 aliphatic heterocycles. The second-order valence-electron chi connectivity index (χ2n) is 6.21. The fraction of sp³-hybridized carbons (Fsp3) is 0.250. The minimum atomic E-state index is -0.169. The number of furan rings is 1. The number of anilines is 1. The lowest BCUT2D eigenvalue weighted by Gasteiger charge is -2.04. The van der Waals surface area contributed by atoms with Crippen molar-refractivity contribution in [1.29, 1.82) is 0 Å². The molecule has 3 aromatic rings. The zero-order valence-electron chi connectivity index (χ0n) is 14.3. The molecule has 0 unspecified atom stereocenters. The number of benzene rings is 2. The van der Waals surface area contributed by atoms with E-state index in [2.05, 4.69) is 11.4 Å². The van der Waals surface area contributed by atoms with Gasteiger partial charge in [-0.15, -0.1) is 0 Å². The van der Waals surface area contributed by atoms with Crippen molar-refractivity contribution in [2.45, 2.75) is 27.2 Å². The summed E-state index contributed by atoms with van der Waals surface area (Å²) in [4.78, 5) is 12.5. The lowest BCUT2D eigenvalue weighted by molar-refractivity contribution is 0.0928. The number of nitrogen functional groups attached to an aromatic ring is 1. The molecule has 1 heterocycles. The first-order valence-electron chi connectivity index (χ1n) is 8.09. The third kappa shape index (κ3) is 3.00. The highest BCUT2D eigenvalue weighted by molar-refractivity contribution is 6.00. The predicted octanol–water partition coefficient (Wildman–Crippen LogP) is 3.91. The van der Waals surface area contributed by atoms with Gasteiger partial charge in [-0.25, -0.2) is 0 Å². The molecular weight excluding hydrogens is 300 g/mol. The summed E-state index contributed by atoms with van der Waals surface area (Å²) in [5.41, 5.74) is 11.4. The van der Waals surface area contributed by atoms with Gasteiger partial charge in [0.05, 0.1) is 0 Å². The zero-order valence-corrected chi connectivity index (χ0v) is 14.3. The molecule has 1 amide bonds. The van der Waals surface area contributed by atoms with Gasteiger partial charge in [0.25, 0.3) is 5.91 Å². The molecule has 0 aliphatic rings. The second kappa shape index (κ2) is 6.40. The summed E-state index contributed by atoms with van der Waals surface area (Å²) < 4.78 is 5.86. The predicted molar refractivity (Wildman–Crippen MR) is 97.3 cm³/mol. The fourth-order valence-corrected chi connectivity index (χ4v) is 2.98. The average Bonchev–Trinajstić information content (AvgIpc) is 2.92. The zero-order chi connectivity index (χ0) is 17.3. The molecule has 0 aliphatic carbocycles.